The zero-order valence-electron chi connectivity index (χ0n) is 7.90. The van der Waals surface area contributed by atoms with Gasteiger partial charge in [-0.25, -0.2) is 0 Å². The van der Waals surface area contributed by atoms with Gasteiger partial charge in [0, 0.05) is 18.1 Å². The Morgan fingerprint density at radius 1 is 1.46 bits per heavy atom. The molecule has 5 nitrogen and oxygen atoms in total. The molecule has 0 aliphatic carbocycles. The fourth-order valence-electron chi connectivity index (χ4n) is 0.784. The quantitative estimate of drug-likeness (QED) is 0.538. The molecule has 0 aromatic rings. The van der Waals surface area contributed by atoms with Crippen molar-refractivity contribution < 1.29 is 18.1 Å². The predicted octanol–water partition coefficient (Wildman–Crippen LogP) is -0.390. The number of hydrogen-bond donors (Lipinski definition) is 3. The normalized spacial score (nSPS) is 15.8. The lowest BCUT2D eigenvalue weighted by Gasteiger charge is -2.28. The van der Waals surface area contributed by atoms with Crippen LogP contribution in [-0.2, 0) is 10.1 Å². The van der Waals surface area contributed by atoms with Crippen LogP contribution < -0.4 is 5.73 Å². The van der Waals surface area contributed by atoms with E-state index in [1.54, 1.807) is 13.8 Å². The third-order valence-electron chi connectivity index (χ3n) is 2.10. The van der Waals surface area contributed by atoms with Gasteiger partial charge >= 0.3 is 0 Å². The van der Waals surface area contributed by atoms with Crippen LogP contribution in [-0.4, -0.2) is 36.5 Å². The first-order chi connectivity index (χ1) is 5.69. The van der Waals surface area contributed by atoms with Gasteiger partial charge in [0.1, 0.15) is 0 Å². The van der Waals surface area contributed by atoms with E-state index in [1.165, 1.54) is 0 Å². The molecule has 0 saturated heterocycles. The highest BCUT2D eigenvalue weighted by molar-refractivity contribution is 7.85. The van der Waals surface area contributed by atoms with Gasteiger partial charge in [0.25, 0.3) is 10.1 Å². The molecule has 0 fully saturated rings. The minimum absolute atomic E-state index is 0.111. The maximum atomic E-state index is 10.4. The molecule has 0 saturated carbocycles. The summed E-state index contributed by atoms with van der Waals surface area (Å²) in [5.41, 5.74) is 5.11. The number of aliphatic hydroxyl groups is 1. The number of aliphatic hydroxyl groups excluding tert-OH is 1. The van der Waals surface area contributed by atoms with Crippen LogP contribution in [0.3, 0.4) is 0 Å². The van der Waals surface area contributed by atoms with Crippen molar-refractivity contribution >= 4 is 10.1 Å². The molecule has 4 N–H and O–H groups in total. The van der Waals surface area contributed by atoms with Crippen LogP contribution in [0.1, 0.15) is 20.3 Å². The summed E-state index contributed by atoms with van der Waals surface area (Å²) in [5.74, 6) is -0.363. The maximum Gasteiger partial charge on any atom is 0.264 e. The molecule has 0 rings (SSSR count). The summed E-state index contributed by atoms with van der Waals surface area (Å²) < 4.78 is 29.2. The largest absolute Gasteiger partial charge is 0.396 e. The van der Waals surface area contributed by atoms with E-state index in [0.29, 0.717) is 0 Å². The molecule has 0 aliphatic rings. The van der Waals surface area contributed by atoms with E-state index in [-0.39, 0.29) is 18.8 Å². The molecule has 0 aromatic heterocycles. The maximum absolute atomic E-state index is 10.4. The Hall–Kier alpha value is -0.170. The molecule has 0 bridgehead atoms. The Labute approximate surface area is 78.7 Å². The lowest BCUT2D eigenvalue weighted by molar-refractivity contribution is 0.130. The van der Waals surface area contributed by atoms with Crippen molar-refractivity contribution in [3.05, 3.63) is 0 Å². The molecule has 80 valence electrons. The lowest BCUT2D eigenvalue weighted by atomic mass is 9.84. The molecule has 6 heteroatoms. The van der Waals surface area contributed by atoms with Gasteiger partial charge in [-0.15, -0.1) is 0 Å². The van der Waals surface area contributed by atoms with Gasteiger partial charge in [-0.3, -0.25) is 4.55 Å². The predicted molar refractivity (Wildman–Crippen MR) is 49.9 cm³/mol. The van der Waals surface area contributed by atoms with Crippen molar-refractivity contribution in [1.82, 2.24) is 0 Å². The van der Waals surface area contributed by atoms with Crippen LogP contribution >= 0.6 is 0 Å². The molecule has 0 heterocycles. The molecule has 0 spiro atoms. The first-order valence-corrected chi connectivity index (χ1v) is 5.61. The van der Waals surface area contributed by atoms with E-state index in [0.717, 1.165) is 0 Å². The van der Waals surface area contributed by atoms with Crippen LogP contribution in [0.15, 0.2) is 0 Å². The second kappa shape index (κ2) is 4.36. The van der Waals surface area contributed by atoms with E-state index >= 15 is 0 Å². The minimum Gasteiger partial charge on any atom is -0.396 e. The van der Waals surface area contributed by atoms with E-state index in [1.807, 2.05) is 0 Å². The molecule has 0 radical (unpaired) electrons. The molecule has 0 aliphatic heterocycles. The monoisotopic (exact) mass is 211 g/mol. The minimum atomic E-state index is -3.95. The van der Waals surface area contributed by atoms with Crippen molar-refractivity contribution in [2.24, 2.45) is 11.1 Å². The van der Waals surface area contributed by atoms with Gasteiger partial charge in [0.05, 0.1) is 5.75 Å². The van der Waals surface area contributed by atoms with E-state index in [4.69, 9.17) is 15.4 Å². The molecule has 0 aromatic carbocycles. The Morgan fingerprint density at radius 3 is 2.23 bits per heavy atom. The number of rotatable bonds is 5. The molecule has 1 atom stereocenters. The Kier molecular flexibility index (Phi) is 4.31. The van der Waals surface area contributed by atoms with Crippen LogP contribution in [0, 0.1) is 5.41 Å². The second-order valence-electron chi connectivity index (χ2n) is 3.83. The van der Waals surface area contributed by atoms with Crippen LogP contribution in [0.5, 0.6) is 0 Å². The van der Waals surface area contributed by atoms with E-state index in [2.05, 4.69) is 0 Å². The lowest BCUT2D eigenvalue weighted by Crippen LogP contribution is -2.41. The van der Waals surface area contributed by atoms with Gasteiger partial charge in [0.15, 0.2) is 0 Å². The zero-order valence-corrected chi connectivity index (χ0v) is 8.71. The first-order valence-electron chi connectivity index (χ1n) is 4.00. The topological polar surface area (TPSA) is 101 Å². The number of hydrogen-bond acceptors (Lipinski definition) is 4. The molecule has 1 unspecified atom stereocenters. The average molecular weight is 211 g/mol. The average Bonchev–Trinajstić information content (AvgIpc) is 1.98. The van der Waals surface area contributed by atoms with Gasteiger partial charge in [0.2, 0.25) is 0 Å². The van der Waals surface area contributed by atoms with Crippen molar-refractivity contribution in [2.75, 3.05) is 12.4 Å². The molecular weight excluding hydrogens is 194 g/mol. The van der Waals surface area contributed by atoms with Gasteiger partial charge in [-0.2, -0.15) is 8.42 Å². The van der Waals surface area contributed by atoms with E-state index in [9.17, 15) is 8.42 Å². The SMILES string of the molecule is CC(C)(CO)C(N)CCS(=O)(=O)O. The summed E-state index contributed by atoms with van der Waals surface area (Å²) >= 11 is 0. The third-order valence-corrected chi connectivity index (χ3v) is 2.85. The summed E-state index contributed by atoms with van der Waals surface area (Å²) in [7, 11) is -3.95. The summed E-state index contributed by atoms with van der Waals surface area (Å²) in [6, 6.07) is -0.445. The van der Waals surface area contributed by atoms with Crippen LogP contribution in [0.2, 0.25) is 0 Å². The second-order valence-corrected chi connectivity index (χ2v) is 5.40. The Morgan fingerprint density at radius 2 is 1.92 bits per heavy atom. The molecule has 13 heavy (non-hydrogen) atoms. The fraction of sp³-hybridized carbons (Fsp3) is 1.00. The fourth-order valence-corrected chi connectivity index (χ4v) is 1.34. The summed E-state index contributed by atoms with van der Waals surface area (Å²) in [5, 5.41) is 8.90. The number of nitrogens with two attached hydrogens (primary N) is 1. The van der Waals surface area contributed by atoms with Crippen molar-refractivity contribution in [3.8, 4) is 0 Å². The summed E-state index contributed by atoms with van der Waals surface area (Å²) in [6.45, 7) is 3.36. The van der Waals surface area contributed by atoms with E-state index < -0.39 is 21.6 Å². The van der Waals surface area contributed by atoms with Crippen molar-refractivity contribution in [2.45, 2.75) is 26.3 Å². The zero-order chi connectivity index (χ0) is 10.7. The van der Waals surface area contributed by atoms with Crippen LogP contribution in [0.25, 0.3) is 0 Å². The highest BCUT2D eigenvalue weighted by Gasteiger charge is 2.26. The Bertz CT molecular complexity index is 247. The summed E-state index contributed by atoms with van der Waals surface area (Å²) in [4.78, 5) is 0. The van der Waals surface area contributed by atoms with Gasteiger partial charge in [-0.1, -0.05) is 13.8 Å². The van der Waals surface area contributed by atoms with Crippen LogP contribution in [0.4, 0.5) is 0 Å². The highest BCUT2D eigenvalue weighted by atomic mass is 32.2. The molecular formula is C7H17NO4S. The Balaban J connectivity index is 4.10. The van der Waals surface area contributed by atoms with Crippen molar-refractivity contribution in [3.63, 3.8) is 0 Å². The molecule has 0 amide bonds. The summed E-state index contributed by atoms with van der Waals surface area (Å²) in [6.07, 6.45) is 0.145. The highest BCUT2D eigenvalue weighted by Crippen LogP contribution is 2.20. The van der Waals surface area contributed by atoms with Gasteiger partial charge < -0.3 is 10.8 Å². The first kappa shape index (κ1) is 12.8. The smallest absolute Gasteiger partial charge is 0.264 e. The van der Waals surface area contributed by atoms with Gasteiger partial charge in [-0.05, 0) is 6.42 Å². The van der Waals surface area contributed by atoms with Crippen molar-refractivity contribution in [1.29, 1.82) is 0 Å². The third kappa shape index (κ3) is 5.20. The standard InChI is InChI=1S/C7H17NO4S/c1-7(2,5-9)6(8)3-4-13(10,11)12/h6,9H,3-5,8H2,1-2H3,(H,10,11,12).